The molecule has 0 amide bonds. The molecule has 0 bridgehead atoms. The predicted molar refractivity (Wildman–Crippen MR) is 75.0 cm³/mol. The summed E-state index contributed by atoms with van der Waals surface area (Å²) in [4.78, 5) is 4.04. The molecule has 1 aliphatic rings. The molecule has 19 heavy (non-hydrogen) atoms. The van der Waals surface area contributed by atoms with Gasteiger partial charge in [0.2, 0.25) is 0 Å². The van der Waals surface area contributed by atoms with Crippen LogP contribution < -0.4 is 10.1 Å². The zero-order valence-electron chi connectivity index (χ0n) is 11.3. The van der Waals surface area contributed by atoms with E-state index in [2.05, 4.69) is 36.3 Å². The highest BCUT2D eigenvalue weighted by atomic mass is 16.5. The van der Waals surface area contributed by atoms with Gasteiger partial charge in [0.25, 0.3) is 0 Å². The zero-order valence-corrected chi connectivity index (χ0v) is 11.3. The minimum Gasteiger partial charge on any atom is -0.486 e. The fraction of sp³-hybridized carbons (Fsp3) is 0.312. The molecule has 0 fully saturated rings. The topological polar surface area (TPSA) is 34.1 Å². The largest absolute Gasteiger partial charge is 0.486 e. The standard InChI is InChI=1S/C16H18N2O/c1-16(2)15(13-5-3-4-6-14(13)19-16)18-11-12-7-9-17-10-8-12/h3-10,15,18H,11H2,1-2H3. The quantitative estimate of drug-likeness (QED) is 0.914. The summed E-state index contributed by atoms with van der Waals surface area (Å²) in [7, 11) is 0. The van der Waals surface area contributed by atoms with E-state index in [-0.39, 0.29) is 11.6 Å². The third-order valence-electron chi connectivity index (χ3n) is 3.56. The van der Waals surface area contributed by atoms with Gasteiger partial charge >= 0.3 is 0 Å². The van der Waals surface area contributed by atoms with Gasteiger partial charge in [-0.05, 0) is 37.6 Å². The lowest BCUT2D eigenvalue weighted by Crippen LogP contribution is -2.38. The molecule has 0 spiro atoms. The molecule has 3 heteroatoms. The second kappa shape index (κ2) is 4.67. The monoisotopic (exact) mass is 254 g/mol. The first-order valence-corrected chi connectivity index (χ1v) is 6.57. The molecule has 0 aliphatic carbocycles. The minimum absolute atomic E-state index is 0.205. The van der Waals surface area contributed by atoms with E-state index < -0.39 is 0 Å². The molecule has 2 aromatic rings. The molecule has 1 aromatic carbocycles. The molecule has 3 rings (SSSR count). The zero-order chi connectivity index (χ0) is 13.3. The molecular formula is C16H18N2O. The van der Waals surface area contributed by atoms with Crippen LogP contribution in [0.1, 0.15) is 31.0 Å². The molecule has 1 aliphatic heterocycles. The Kier molecular flexibility index (Phi) is 2.99. The maximum atomic E-state index is 6.02. The van der Waals surface area contributed by atoms with Crippen molar-refractivity contribution in [2.45, 2.75) is 32.0 Å². The van der Waals surface area contributed by atoms with Crippen molar-refractivity contribution in [1.29, 1.82) is 0 Å². The Morgan fingerprint density at radius 2 is 1.89 bits per heavy atom. The van der Waals surface area contributed by atoms with Gasteiger partial charge in [0.1, 0.15) is 11.4 Å². The van der Waals surface area contributed by atoms with E-state index in [1.165, 1.54) is 11.1 Å². The number of hydrogen-bond acceptors (Lipinski definition) is 3. The van der Waals surface area contributed by atoms with Gasteiger partial charge in [0, 0.05) is 24.5 Å². The van der Waals surface area contributed by atoms with Crippen LogP contribution in [0.25, 0.3) is 0 Å². The molecule has 1 aromatic heterocycles. The second-order valence-electron chi connectivity index (χ2n) is 5.41. The Morgan fingerprint density at radius 3 is 2.68 bits per heavy atom. The number of hydrogen-bond donors (Lipinski definition) is 1. The highest BCUT2D eigenvalue weighted by molar-refractivity contribution is 5.42. The maximum Gasteiger partial charge on any atom is 0.125 e. The van der Waals surface area contributed by atoms with Crippen LogP contribution in [0, 0.1) is 0 Å². The van der Waals surface area contributed by atoms with E-state index in [1.54, 1.807) is 0 Å². The van der Waals surface area contributed by atoms with Crippen molar-refractivity contribution in [3.05, 3.63) is 59.9 Å². The number of nitrogens with zero attached hydrogens (tertiary/aromatic N) is 1. The first kappa shape index (κ1) is 12.2. The van der Waals surface area contributed by atoms with Crippen molar-refractivity contribution in [2.75, 3.05) is 0 Å². The van der Waals surface area contributed by atoms with E-state index >= 15 is 0 Å². The number of aromatic nitrogens is 1. The van der Waals surface area contributed by atoms with Crippen molar-refractivity contribution < 1.29 is 4.74 Å². The predicted octanol–water partition coefficient (Wildman–Crippen LogP) is 3.08. The number of benzene rings is 1. The molecule has 3 nitrogen and oxygen atoms in total. The summed E-state index contributed by atoms with van der Waals surface area (Å²) in [6, 6.07) is 12.5. The highest BCUT2D eigenvalue weighted by Crippen LogP contribution is 2.42. The van der Waals surface area contributed by atoms with Gasteiger partial charge in [-0.3, -0.25) is 4.98 Å². The van der Waals surface area contributed by atoms with Gasteiger partial charge in [-0.25, -0.2) is 0 Å². The van der Waals surface area contributed by atoms with Crippen LogP contribution in [0.4, 0.5) is 0 Å². The normalized spacial score (nSPS) is 19.8. The lowest BCUT2D eigenvalue weighted by Gasteiger charge is -2.27. The number of pyridine rings is 1. The highest BCUT2D eigenvalue weighted by Gasteiger charge is 2.40. The van der Waals surface area contributed by atoms with Crippen LogP contribution in [-0.4, -0.2) is 10.6 Å². The van der Waals surface area contributed by atoms with Gasteiger partial charge in [0.05, 0.1) is 6.04 Å². The van der Waals surface area contributed by atoms with Crippen LogP contribution in [0.2, 0.25) is 0 Å². The van der Waals surface area contributed by atoms with E-state index in [0.29, 0.717) is 0 Å². The van der Waals surface area contributed by atoms with Crippen LogP contribution in [0.15, 0.2) is 48.8 Å². The second-order valence-corrected chi connectivity index (χ2v) is 5.41. The van der Waals surface area contributed by atoms with Gasteiger partial charge in [-0.2, -0.15) is 0 Å². The van der Waals surface area contributed by atoms with E-state index in [0.717, 1.165) is 12.3 Å². The van der Waals surface area contributed by atoms with Crippen molar-refractivity contribution >= 4 is 0 Å². The number of nitrogens with one attached hydrogen (secondary N) is 1. The summed E-state index contributed by atoms with van der Waals surface area (Å²) >= 11 is 0. The van der Waals surface area contributed by atoms with E-state index in [1.807, 2.05) is 36.7 Å². The Hall–Kier alpha value is -1.87. The van der Waals surface area contributed by atoms with Gasteiger partial charge in [-0.15, -0.1) is 0 Å². The molecule has 1 atom stereocenters. The molecule has 1 unspecified atom stereocenters. The SMILES string of the molecule is CC1(C)Oc2ccccc2C1NCc1ccncc1. The van der Waals surface area contributed by atoms with Gasteiger partial charge in [-0.1, -0.05) is 18.2 Å². The summed E-state index contributed by atoms with van der Waals surface area (Å²) in [5, 5.41) is 3.59. The van der Waals surface area contributed by atoms with Crippen LogP contribution in [-0.2, 0) is 6.54 Å². The maximum absolute atomic E-state index is 6.02. The van der Waals surface area contributed by atoms with E-state index in [4.69, 9.17) is 4.74 Å². The summed E-state index contributed by atoms with van der Waals surface area (Å²) in [6.45, 7) is 5.06. The molecule has 1 N–H and O–H groups in total. The van der Waals surface area contributed by atoms with Crippen molar-refractivity contribution in [3.63, 3.8) is 0 Å². The average molecular weight is 254 g/mol. The Morgan fingerprint density at radius 1 is 1.16 bits per heavy atom. The Labute approximate surface area is 113 Å². The van der Waals surface area contributed by atoms with Crippen molar-refractivity contribution in [1.82, 2.24) is 10.3 Å². The smallest absolute Gasteiger partial charge is 0.125 e. The molecule has 0 saturated carbocycles. The summed E-state index contributed by atoms with van der Waals surface area (Å²) in [5.74, 6) is 0.986. The third-order valence-corrected chi connectivity index (χ3v) is 3.56. The number of fused-ring (bicyclic) bond motifs is 1. The first-order valence-electron chi connectivity index (χ1n) is 6.57. The average Bonchev–Trinajstić information content (AvgIpc) is 2.67. The number of para-hydroxylation sites is 1. The van der Waals surface area contributed by atoms with Crippen LogP contribution in [0.3, 0.4) is 0 Å². The molecule has 0 radical (unpaired) electrons. The fourth-order valence-corrected chi connectivity index (χ4v) is 2.61. The summed E-state index contributed by atoms with van der Waals surface area (Å²) < 4.78 is 6.02. The van der Waals surface area contributed by atoms with Crippen molar-refractivity contribution in [3.8, 4) is 5.75 Å². The third kappa shape index (κ3) is 2.34. The lowest BCUT2D eigenvalue weighted by atomic mass is 9.94. The van der Waals surface area contributed by atoms with Gasteiger partial charge in [0.15, 0.2) is 0 Å². The Bertz CT molecular complexity index is 566. The number of ether oxygens (including phenoxy) is 1. The lowest BCUT2D eigenvalue weighted by molar-refractivity contribution is 0.0958. The summed E-state index contributed by atoms with van der Waals surface area (Å²) in [6.07, 6.45) is 3.64. The Balaban J connectivity index is 1.80. The van der Waals surface area contributed by atoms with E-state index in [9.17, 15) is 0 Å². The molecular weight excluding hydrogens is 236 g/mol. The molecule has 98 valence electrons. The fourth-order valence-electron chi connectivity index (χ4n) is 2.61. The molecule has 0 saturated heterocycles. The van der Waals surface area contributed by atoms with Gasteiger partial charge < -0.3 is 10.1 Å². The van der Waals surface area contributed by atoms with Crippen molar-refractivity contribution in [2.24, 2.45) is 0 Å². The minimum atomic E-state index is -0.225. The van der Waals surface area contributed by atoms with Crippen LogP contribution >= 0.6 is 0 Å². The first-order chi connectivity index (χ1) is 9.17. The summed E-state index contributed by atoms with van der Waals surface area (Å²) in [5.41, 5.74) is 2.24. The van der Waals surface area contributed by atoms with Crippen LogP contribution in [0.5, 0.6) is 5.75 Å². The molecule has 2 heterocycles. The number of rotatable bonds is 3.